The summed E-state index contributed by atoms with van der Waals surface area (Å²) >= 11 is 0. The average molecular weight is 411 g/mol. The zero-order valence-electron chi connectivity index (χ0n) is 18.6. The van der Waals surface area contributed by atoms with Crippen molar-refractivity contribution in [2.45, 2.75) is 44.9 Å². The fourth-order valence-corrected chi connectivity index (χ4v) is 4.48. The van der Waals surface area contributed by atoms with E-state index in [2.05, 4.69) is 85.9 Å². The standard InChI is InChI=1S/C27H30N4/c1-27(2,3)24-6-4-5-22(15-24)25-17-30-31-18-23(16-29-26(25)31)20-9-7-19(8-10-20)21-11-13-28-14-12-21/h4-10,15-18,21,28H,11-14H2,1-3H3. The van der Waals surface area contributed by atoms with Crippen LogP contribution in [0, 0.1) is 0 Å². The van der Waals surface area contributed by atoms with Crippen molar-refractivity contribution in [3.63, 3.8) is 0 Å². The first-order chi connectivity index (χ1) is 15.0. The highest BCUT2D eigenvalue weighted by Gasteiger charge is 2.17. The molecule has 0 atom stereocenters. The molecule has 4 heteroatoms. The summed E-state index contributed by atoms with van der Waals surface area (Å²) in [4.78, 5) is 4.79. The minimum atomic E-state index is 0.111. The first-order valence-corrected chi connectivity index (χ1v) is 11.2. The zero-order valence-corrected chi connectivity index (χ0v) is 18.6. The number of hydrogen-bond acceptors (Lipinski definition) is 3. The fourth-order valence-electron chi connectivity index (χ4n) is 4.48. The largest absolute Gasteiger partial charge is 0.317 e. The minimum Gasteiger partial charge on any atom is -0.317 e. The third-order valence-electron chi connectivity index (χ3n) is 6.45. The van der Waals surface area contributed by atoms with Crippen LogP contribution in [0.1, 0.15) is 50.7 Å². The molecule has 0 saturated carbocycles. The summed E-state index contributed by atoms with van der Waals surface area (Å²) in [5, 5.41) is 8.06. The highest BCUT2D eigenvalue weighted by Crippen LogP contribution is 2.31. The number of nitrogens with one attached hydrogen (secondary N) is 1. The van der Waals surface area contributed by atoms with E-state index in [1.165, 1.54) is 29.5 Å². The van der Waals surface area contributed by atoms with E-state index >= 15 is 0 Å². The van der Waals surface area contributed by atoms with Gasteiger partial charge in [-0.1, -0.05) is 69.3 Å². The molecule has 5 rings (SSSR count). The summed E-state index contributed by atoms with van der Waals surface area (Å²) < 4.78 is 1.90. The second-order valence-corrected chi connectivity index (χ2v) is 9.65. The SMILES string of the molecule is CC(C)(C)c1cccc(-c2cnn3cc(-c4ccc(C5CCNCC5)cc4)cnc23)c1. The lowest BCUT2D eigenvalue weighted by Gasteiger charge is -2.23. The lowest BCUT2D eigenvalue weighted by Crippen LogP contribution is -2.26. The van der Waals surface area contributed by atoms with E-state index in [0.29, 0.717) is 5.92 Å². The average Bonchev–Trinajstić information content (AvgIpc) is 3.23. The monoisotopic (exact) mass is 410 g/mol. The van der Waals surface area contributed by atoms with Crippen LogP contribution in [0.25, 0.3) is 27.9 Å². The molecule has 0 amide bonds. The van der Waals surface area contributed by atoms with Gasteiger partial charge in [0.25, 0.3) is 0 Å². The molecule has 158 valence electrons. The molecule has 0 radical (unpaired) electrons. The molecule has 31 heavy (non-hydrogen) atoms. The Bertz CT molecular complexity index is 1190. The van der Waals surface area contributed by atoms with Gasteiger partial charge in [-0.25, -0.2) is 9.50 Å². The quantitative estimate of drug-likeness (QED) is 0.462. The number of benzene rings is 2. The van der Waals surface area contributed by atoms with Crippen LogP contribution >= 0.6 is 0 Å². The van der Waals surface area contributed by atoms with Crippen molar-refractivity contribution in [2.24, 2.45) is 0 Å². The Morgan fingerprint density at radius 3 is 2.42 bits per heavy atom. The van der Waals surface area contributed by atoms with Crippen molar-refractivity contribution >= 4 is 5.65 Å². The molecule has 4 aromatic rings. The highest BCUT2D eigenvalue weighted by molar-refractivity contribution is 5.78. The Labute approximate surface area is 184 Å². The Kier molecular flexibility index (Phi) is 5.11. The Hall–Kier alpha value is -2.98. The second kappa shape index (κ2) is 7.93. The Balaban J connectivity index is 1.44. The Morgan fingerprint density at radius 1 is 0.903 bits per heavy atom. The second-order valence-electron chi connectivity index (χ2n) is 9.65. The van der Waals surface area contributed by atoms with Crippen LogP contribution in [-0.4, -0.2) is 27.7 Å². The van der Waals surface area contributed by atoms with Crippen LogP contribution in [-0.2, 0) is 5.41 Å². The molecule has 1 fully saturated rings. The summed E-state index contributed by atoms with van der Waals surface area (Å²) in [5.74, 6) is 0.674. The van der Waals surface area contributed by atoms with Gasteiger partial charge in [-0.2, -0.15) is 5.10 Å². The van der Waals surface area contributed by atoms with E-state index < -0.39 is 0 Å². The summed E-state index contributed by atoms with van der Waals surface area (Å²) in [5.41, 5.74) is 8.25. The van der Waals surface area contributed by atoms with Crippen molar-refractivity contribution in [3.8, 4) is 22.3 Å². The van der Waals surface area contributed by atoms with E-state index in [4.69, 9.17) is 4.98 Å². The van der Waals surface area contributed by atoms with Gasteiger partial charge in [0.15, 0.2) is 5.65 Å². The van der Waals surface area contributed by atoms with Gasteiger partial charge in [-0.15, -0.1) is 0 Å². The molecule has 4 nitrogen and oxygen atoms in total. The first kappa shape index (κ1) is 20.0. The van der Waals surface area contributed by atoms with E-state index in [0.717, 1.165) is 35.4 Å². The van der Waals surface area contributed by atoms with Gasteiger partial charge in [-0.3, -0.25) is 0 Å². The summed E-state index contributed by atoms with van der Waals surface area (Å²) in [6.45, 7) is 8.95. The molecular formula is C27H30N4. The van der Waals surface area contributed by atoms with Crippen LogP contribution in [0.3, 0.4) is 0 Å². The van der Waals surface area contributed by atoms with Crippen molar-refractivity contribution in [1.82, 2.24) is 19.9 Å². The fraction of sp³-hybridized carbons (Fsp3) is 0.333. The molecule has 0 unspecified atom stereocenters. The predicted octanol–water partition coefficient (Wildman–Crippen LogP) is 5.83. The van der Waals surface area contributed by atoms with E-state index in [1.54, 1.807) is 0 Å². The lowest BCUT2D eigenvalue weighted by atomic mass is 9.85. The first-order valence-electron chi connectivity index (χ1n) is 11.2. The maximum absolute atomic E-state index is 4.79. The molecule has 1 saturated heterocycles. The van der Waals surface area contributed by atoms with Gasteiger partial charge in [0.2, 0.25) is 0 Å². The minimum absolute atomic E-state index is 0.111. The van der Waals surface area contributed by atoms with Gasteiger partial charge in [0.1, 0.15) is 0 Å². The molecule has 0 aliphatic carbocycles. The van der Waals surface area contributed by atoms with Crippen LogP contribution in [0.4, 0.5) is 0 Å². The topological polar surface area (TPSA) is 42.2 Å². The third kappa shape index (κ3) is 4.00. The number of nitrogens with zero attached hydrogens (tertiary/aromatic N) is 3. The van der Waals surface area contributed by atoms with Crippen LogP contribution < -0.4 is 5.32 Å². The van der Waals surface area contributed by atoms with Gasteiger partial charge >= 0.3 is 0 Å². The smallest absolute Gasteiger partial charge is 0.162 e. The molecule has 1 N–H and O–H groups in total. The maximum Gasteiger partial charge on any atom is 0.162 e. The molecule has 0 spiro atoms. The molecule has 1 aliphatic rings. The van der Waals surface area contributed by atoms with Crippen LogP contribution in [0.2, 0.25) is 0 Å². The summed E-state index contributed by atoms with van der Waals surface area (Å²) in [6.07, 6.45) is 8.42. The molecule has 2 aromatic heterocycles. The molecule has 2 aromatic carbocycles. The third-order valence-corrected chi connectivity index (χ3v) is 6.45. The lowest BCUT2D eigenvalue weighted by molar-refractivity contribution is 0.460. The maximum atomic E-state index is 4.79. The van der Waals surface area contributed by atoms with Crippen molar-refractivity contribution in [3.05, 3.63) is 78.2 Å². The summed E-state index contributed by atoms with van der Waals surface area (Å²) in [7, 11) is 0. The normalized spacial score (nSPS) is 15.5. The van der Waals surface area contributed by atoms with E-state index in [1.807, 2.05) is 16.9 Å². The molecule has 1 aliphatic heterocycles. The van der Waals surface area contributed by atoms with Gasteiger partial charge in [0, 0.05) is 23.5 Å². The molecule has 3 heterocycles. The number of hydrogen-bond donors (Lipinski definition) is 1. The zero-order chi connectivity index (χ0) is 21.4. The molecule has 0 bridgehead atoms. The number of fused-ring (bicyclic) bond motifs is 1. The van der Waals surface area contributed by atoms with E-state index in [-0.39, 0.29) is 5.41 Å². The van der Waals surface area contributed by atoms with Gasteiger partial charge in [0.05, 0.1) is 6.20 Å². The summed E-state index contributed by atoms with van der Waals surface area (Å²) in [6, 6.07) is 17.7. The van der Waals surface area contributed by atoms with Crippen LogP contribution in [0.5, 0.6) is 0 Å². The van der Waals surface area contributed by atoms with Crippen molar-refractivity contribution in [2.75, 3.05) is 13.1 Å². The van der Waals surface area contributed by atoms with Crippen LogP contribution in [0.15, 0.2) is 67.1 Å². The predicted molar refractivity (Wildman–Crippen MR) is 127 cm³/mol. The molecular weight excluding hydrogens is 380 g/mol. The van der Waals surface area contributed by atoms with E-state index in [9.17, 15) is 0 Å². The van der Waals surface area contributed by atoms with Gasteiger partial charge in [-0.05, 0) is 59.5 Å². The number of aromatic nitrogens is 3. The Morgan fingerprint density at radius 2 is 1.68 bits per heavy atom. The van der Waals surface area contributed by atoms with Crippen molar-refractivity contribution in [1.29, 1.82) is 0 Å². The van der Waals surface area contributed by atoms with Crippen molar-refractivity contribution < 1.29 is 0 Å². The van der Waals surface area contributed by atoms with Gasteiger partial charge < -0.3 is 5.32 Å². The number of rotatable bonds is 3. The highest BCUT2D eigenvalue weighted by atomic mass is 15.2. The number of piperidine rings is 1.